The number of alkyl halides is 1. The van der Waals surface area contributed by atoms with Gasteiger partial charge in [-0.15, -0.1) is 16.7 Å². The molecule has 0 spiro atoms. The molecule has 9 heteroatoms. The van der Waals surface area contributed by atoms with Gasteiger partial charge in [0.1, 0.15) is 4.90 Å². The Morgan fingerprint density at radius 1 is 1.47 bits per heavy atom. The normalized spacial score (nSPS) is 12.1. The zero-order chi connectivity index (χ0) is 11.1. The molecule has 0 radical (unpaired) electrons. The number of halogens is 2. The summed E-state index contributed by atoms with van der Waals surface area (Å²) in [7, 11) is 1.34. The number of nitrogens with zero attached hydrogens (tertiary/aromatic N) is 4. The van der Waals surface area contributed by atoms with Gasteiger partial charge in [0.25, 0.3) is 14.8 Å². The van der Waals surface area contributed by atoms with Crippen molar-refractivity contribution < 1.29 is 8.42 Å². The van der Waals surface area contributed by atoms with E-state index in [-0.39, 0.29) is 16.6 Å². The molecule has 0 aliphatic rings. The number of hydrogen-bond donors (Lipinski definition) is 0. The first-order chi connectivity index (χ1) is 7.00. The lowest BCUT2D eigenvalue weighted by atomic mass is 10.7. The largest absolute Gasteiger partial charge is 0.264 e. The number of aromatic nitrogens is 4. The maximum absolute atomic E-state index is 11.0. The molecule has 0 aliphatic heterocycles. The van der Waals surface area contributed by atoms with E-state index in [0.29, 0.717) is 5.82 Å². The summed E-state index contributed by atoms with van der Waals surface area (Å²) in [6.07, 6.45) is 2.35. The number of hydrogen-bond acceptors (Lipinski definition) is 5. The van der Waals surface area contributed by atoms with E-state index in [1.54, 1.807) is 0 Å². The Kier molecular flexibility index (Phi) is 2.53. The minimum atomic E-state index is -3.80. The van der Waals surface area contributed by atoms with E-state index in [1.165, 1.54) is 10.7 Å². The highest BCUT2D eigenvalue weighted by Crippen LogP contribution is 2.13. The monoisotopic (exact) mass is 266 g/mol. The number of rotatable bonds is 2. The summed E-state index contributed by atoms with van der Waals surface area (Å²) in [4.78, 5) is 7.57. The Morgan fingerprint density at radius 3 is 2.80 bits per heavy atom. The molecule has 0 N–H and O–H groups in total. The van der Waals surface area contributed by atoms with Crippen LogP contribution in [-0.4, -0.2) is 28.0 Å². The van der Waals surface area contributed by atoms with Crippen LogP contribution in [0.15, 0.2) is 17.3 Å². The number of fused-ring (bicyclic) bond motifs is 1. The van der Waals surface area contributed by atoms with Crippen LogP contribution in [0, 0.1) is 0 Å². The average Bonchev–Trinajstić information content (AvgIpc) is 2.57. The molecular formula is C6H4Cl2N4O2S. The van der Waals surface area contributed by atoms with Crippen LogP contribution in [0.25, 0.3) is 5.78 Å². The van der Waals surface area contributed by atoms with Crippen molar-refractivity contribution in [3.05, 3.63) is 18.2 Å². The Hall–Kier alpha value is -0.920. The predicted molar refractivity (Wildman–Crippen MR) is 53.4 cm³/mol. The SMILES string of the molecule is O=S(=O)(Cl)c1cnc2nc(CCl)nn2c1. The molecule has 0 unspecified atom stereocenters. The maximum atomic E-state index is 11.0. The first-order valence-corrected chi connectivity index (χ1v) is 6.57. The summed E-state index contributed by atoms with van der Waals surface area (Å²) in [6, 6.07) is 0. The van der Waals surface area contributed by atoms with Gasteiger partial charge in [-0.3, -0.25) is 0 Å². The molecule has 6 nitrogen and oxygen atoms in total. The van der Waals surface area contributed by atoms with Crippen molar-refractivity contribution in [3.63, 3.8) is 0 Å². The van der Waals surface area contributed by atoms with Crippen LogP contribution in [0.3, 0.4) is 0 Å². The molecule has 0 aliphatic carbocycles. The van der Waals surface area contributed by atoms with E-state index in [0.717, 1.165) is 6.20 Å². The van der Waals surface area contributed by atoms with Crippen LogP contribution in [-0.2, 0) is 14.9 Å². The zero-order valence-corrected chi connectivity index (χ0v) is 9.46. The van der Waals surface area contributed by atoms with Gasteiger partial charge in [0.05, 0.1) is 18.3 Å². The van der Waals surface area contributed by atoms with Gasteiger partial charge >= 0.3 is 0 Å². The molecule has 2 heterocycles. The second kappa shape index (κ2) is 3.58. The topological polar surface area (TPSA) is 77.2 Å². The van der Waals surface area contributed by atoms with Gasteiger partial charge in [0.2, 0.25) is 0 Å². The van der Waals surface area contributed by atoms with E-state index in [9.17, 15) is 8.42 Å². The highest BCUT2D eigenvalue weighted by molar-refractivity contribution is 8.13. The molecule has 0 aromatic carbocycles. The van der Waals surface area contributed by atoms with E-state index < -0.39 is 9.05 Å². The first-order valence-electron chi connectivity index (χ1n) is 3.72. The first kappa shape index (κ1) is 10.6. The smallest absolute Gasteiger partial charge is 0.218 e. The molecule has 0 fully saturated rings. The molecule has 0 bridgehead atoms. The third-order valence-electron chi connectivity index (χ3n) is 1.61. The van der Waals surface area contributed by atoms with Crippen molar-refractivity contribution in [3.8, 4) is 0 Å². The second-order valence-corrected chi connectivity index (χ2v) is 5.47. The van der Waals surface area contributed by atoms with Gasteiger partial charge < -0.3 is 0 Å². The lowest BCUT2D eigenvalue weighted by Crippen LogP contribution is -1.97. The third-order valence-corrected chi connectivity index (χ3v) is 3.16. The van der Waals surface area contributed by atoms with Crippen molar-refractivity contribution in [2.24, 2.45) is 0 Å². The Balaban J connectivity index is 2.66. The van der Waals surface area contributed by atoms with Crippen molar-refractivity contribution in [2.45, 2.75) is 10.8 Å². The van der Waals surface area contributed by atoms with Crippen LogP contribution in [0.1, 0.15) is 5.82 Å². The molecule has 0 saturated carbocycles. The third kappa shape index (κ3) is 2.04. The van der Waals surface area contributed by atoms with E-state index in [4.69, 9.17) is 22.3 Å². The summed E-state index contributed by atoms with van der Waals surface area (Å²) in [6.45, 7) is 0. The van der Waals surface area contributed by atoms with Crippen LogP contribution in [0.2, 0.25) is 0 Å². The van der Waals surface area contributed by atoms with E-state index in [2.05, 4.69) is 15.1 Å². The quantitative estimate of drug-likeness (QED) is 0.593. The standard InChI is InChI=1S/C6H4Cl2N4O2S/c7-1-5-10-6-9-2-4(15(8,13)14)3-12(6)11-5/h2-3H,1H2. The maximum Gasteiger partial charge on any atom is 0.264 e. The van der Waals surface area contributed by atoms with Gasteiger partial charge in [0, 0.05) is 10.7 Å². The fraction of sp³-hybridized carbons (Fsp3) is 0.167. The molecule has 2 rings (SSSR count). The highest BCUT2D eigenvalue weighted by Gasteiger charge is 2.13. The summed E-state index contributed by atoms with van der Waals surface area (Å²) in [5.41, 5.74) is 0. The molecular weight excluding hydrogens is 263 g/mol. The van der Waals surface area contributed by atoms with Crippen molar-refractivity contribution >= 4 is 37.1 Å². The van der Waals surface area contributed by atoms with Crippen molar-refractivity contribution in [1.82, 2.24) is 19.6 Å². The molecule has 80 valence electrons. The van der Waals surface area contributed by atoms with Crippen LogP contribution >= 0.6 is 22.3 Å². The summed E-state index contributed by atoms with van der Waals surface area (Å²) >= 11 is 5.52. The van der Waals surface area contributed by atoms with Crippen molar-refractivity contribution in [1.29, 1.82) is 0 Å². The van der Waals surface area contributed by atoms with E-state index in [1.807, 2.05) is 0 Å². The lowest BCUT2D eigenvalue weighted by Gasteiger charge is -1.94. The second-order valence-electron chi connectivity index (χ2n) is 2.63. The van der Waals surface area contributed by atoms with Gasteiger partial charge in [-0.25, -0.2) is 17.9 Å². The van der Waals surface area contributed by atoms with Crippen LogP contribution < -0.4 is 0 Å². The van der Waals surface area contributed by atoms with Crippen LogP contribution in [0.4, 0.5) is 0 Å². The van der Waals surface area contributed by atoms with Crippen molar-refractivity contribution in [2.75, 3.05) is 0 Å². The average molecular weight is 267 g/mol. The summed E-state index contributed by atoms with van der Waals surface area (Å²) in [5, 5.41) is 3.89. The minimum absolute atomic E-state index is 0.131. The summed E-state index contributed by atoms with van der Waals surface area (Å²) < 4.78 is 23.2. The zero-order valence-electron chi connectivity index (χ0n) is 7.13. The molecule has 2 aromatic rings. The predicted octanol–water partition coefficient (Wildman–Crippen LogP) is 0.791. The Morgan fingerprint density at radius 2 is 2.20 bits per heavy atom. The highest BCUT2D eigenvalue weighted by atomic mass is 35.7. The van der Waals surface area contributed by atoms with Crippen LogP contribution in [0.5, 0.6) is 0 Å². The fourth-order valence-electron chi connectivity index (χ4n) is 0.990. The van der Waals surface area contributed by atoms with Gasteiger partial charge in [-0.1, -0.05) is 0 Å². The molecule has 0 atom stereocenters. The van der Waals surface area contributed by atoms with Gasteiger partial charge in [0.15, 0.2) is 5.82 Å². The van der Waals surface area contributed by atoms with Gasteiger partial charge in [-0.05, 0) is 0 Å². The lowest BCUT2D eigenvalue weighted by molar-refractivity contribution is 0.608. The molecule has 15 heavy (non-hydrogen) atoms. The Labute approximate surface area is 94.3 Å². The minimum Gasteiger partial charge on any atom is -0.218 e. The van der Waals surface area contributed by atoms with E-state index >= 15 is 0 Å². The summed E-state index contributed by atoms with van der Waals surface area (Å²) in [5.74, 6) is 0.773. The Bertz CT molecular complexity index is 609. The molecule has 2 aromatic heterocycles. The fourth-order valence-corrected chi connectivity index (χ4v) is 1.75. The van der Waals surface area contributed by atoms with Gasteiger partial charge in [-0.2, -0.15) is 4.98 Å². The molecule has 0 saturated heterocycles. The molecule has 0 amide bonds.